The molecule has 1 saturated carbocycles. The number of hydrogen-bond acceptors (Lipinski definition) is 6. The third-order valence-electron chi connectivity index (χ3n) is 5.32. The van der Waals surface area contributed by atoms with E-state index in [2.05, 4.69) is 20.3 Å². The van der Waals surface area contributed by atoms with Crippen molar-refractivity contribution in [1.29, 1.82) is 0 Å². The summed E-state index contributed by atoms with van der Waals surface area (Å²) >= 11 is 1.55. The topological polar surface area (TPSA) is 89.1 Å². The Kier molecular flexibility index (Phi) is 6.22. The lowest BCUT2D eigenvalue weighted by Gasteiger charge is -2.29. The van der Waals surface area contributed by atoms with Crippen molar-refractivity contribution in [2.45, 2.75) is 44.8 Å². The molecule has 0 aliphatic heterocycles. The molecule has 7 nitrogen and oxygen atoms in total. The smallest absolute Gasteiger partial charge is 0.253 e. The van der Waals surface area contributed by atoms with Gasteiger partial charge in [0.2, 0.25) is 0 Å². The largest absolute Gasteiger partial charge is 0.382 e. The van der Waals surface area contributed by atoms with Crippen LogP contribution in [-0.2, 0) is 9.47 Å². The van der Waals surface area contributed by atoms with Crippen molar-refractivity contribution in [1.82, 2.24) is 20.3 Å². The van der Waals surface area contributed by atoms with E-state index in [-0.39, 0.29) is 18.1 Å². The number of ether oxygens (including phenoxy) is 2. The molecule has 1 aliphatic carbocycles. The van der Waals surface area contributed by atoms with Gasteiger partial charge in [-0.3, -0.25) is 9.78 Å². The van der Waals surface area contributed by atoms with Gasteiger partial charge in [-0.15, -0.1) is 11.3 Å². The van der Waals surface area contributed by atoms with Crippen molar-refractivity contribution in [3.63, 3.8) is 0 Å². The number of thiazole rings is 1. The molecule has 1 aliphatic rings. The third-order valence-corrected chi connectivity index (χ3v) is 6.15. The second-order valence-electron chi connectivity index (χ2n) is 7.42. The number of amides is 1. The molecule has 0 spiro atoms. The number of imidazole rings is 1. The molecule has 0 saturated heterocycles. The number of carbonyl (C=O) groups excluding carboxylic acids is 1. The summed E-state index contributed by atoms with van der Waals surface area (Å²) in [4.78, 5) is 26.1. The maximum Gasteiger partial charge on any atom is 0.253 e. The molecule has 2 N–H and O–H groups in total. The molecule has 1 amide bonds. The number of methoxy groups -OCH3 is 1. The molecule has 1 fully saturated rings. The van der Waals surface area contributed by atoms with Gasteiger partial charge in [-0.25, -0.2) is 4.98 Å². The molecule has 2 heterocycles. The summed E-state index contributed by atoms with van der Waals surface area (Å²) in [5.74, 6) is 0.734. The van der Waals surface area contributed by atoms with Crippen molar-refractivity contribution in [2.75, 3.05) is 20.3 Å². The van der Waals surface area contributed by atoms with E-state index in [1.165, 1.54) is 0 Å². The summed E-state index contributed by atoms with van der Waals surface area (Å²) in [6, 6.07) is 4.10. The minimum atomic E-state index is -0.0613. The standard InChI is InChI=1S/C21H26N4O3S/c1-13-23-18-10-14(19-11-22-12-29-19)9-17(20(18)24-13)21(26)25-15-3-5-16(6-4-15)28-8-7-27-2/h9-12,15-16H,3-8H2,1-2H3,(H,23,24)(H,25,26)/t15-,16-. The van der Waals surface area contributed by atoms with Crippen LogP contribution in [0.5, 0.6) is 0 Å². The second kappa shape index (κ2) is 9.02. The molecule has 8 heteroatoms. The fourth-order valence-electron chi connectivity index (χ4n) is 3.85. The Bertz CT molecular complexity index is 962. The van der Waals surface area contributed by atoms with Gasteiger partial charge in [-0.2, -0.15) is 0 Å². The van der Waals surface area contributed by atoms with E-state index in [1.807, 2.05) is 25.3 Å². The molecule has 4 rings (SSSR count). The highest BCUT2D eigenvalue weighted by molar-refractivity contribution is 7.13. The van der Waals surface area contributed by atoms with Crippen LogP contribution in [0.2, 0.25) is 0 Å². The zero-order valence-corrected chi connectivity index (χ0v) is 17.6. The number of rotatable bonds is 7. The number of benzene rings is 1. The SMILES string of the molecule is COCCO[C@H]1CC[C@H](NC(=O)c2cc(-c3cncs3)cc3nc(C)[nH]c23)CC1. The van der Waals surface area contributed by atoms with Gasteiger partial charge in [0, 0.05) is 19.3 Å². The molecule has 2 aromatic heterocycles. The van der Waals surface area contributed by atoms with Gasteiger partial charge in [-0.05, 0) is 50.3 Å². The third kappa shape index (κ3) is 4.66. The number of fused-ring (bicyclic) bond motifs is 1. The second-order valence-corrected chi connectivity index (χ2v) is 8.30. The summed E-state index contributed by atoms with van der Waals surface area (Å²) in [7, 11) is 1.68. The maximum atomic E-state index is 13.1. The molecule has 1 aromatic carbocycles. The summed E-state index contributed by atoms with van der Waals surface area (Å²) in [6.07, 6.45) is 5.82. The normalized spacial score (nSPS) is 19.5. The lowest BCUT2D eigenvalue weighted by atomic mass is 9.92. The molecule has 154 valence electrons. The number of H-pyrrole nitrogens is 1. The van der Waals surface area contributed by atoms with Crippen LogP contribution in [0.1, 0.15) is 41.9 Å². The molecule has 3 aromatic rings. The van der Waals surface area contributed by atoms with Crippen LogP contribution in [-0.4, -0.2) is 53.3 Å². The van der Waals surface area contributed by atoms with Crippen LogP contribution in [0.15, 0.2) is 23.8 Å². The predicted octanol–water partition coefficient (Wildman–Crippen LogP) is 3.70. The van der Waals surface area contributed by atoms with Crippen LogP contribution in [0.25, 0.3) is 21.5 Å². The molecule has 0 bridgehead atoms. The quantitative estimate of drug-likeness (QED) is 0.576. The highest BCUT2D eigenvalue weighted by atomic mass is 32.1. The number of carbonyl (C=O) groups is 1. The first kappa shape index (κ1) is 20.0. The van der Waals surface area contributed by atoms with Crippen molar-refractivity contribution in [3.05, 3.63) is 35.2 Å². The van der Waals surface area contributed by atoms with Gasteiger partial charge >= 0.3 is 0 Å². The lowest BCUT2D eigenvalue weighted by Crippen LogP contribution is -2.39. The molecule has 0 atom stereocenters. The maximum absolute atomic E-state index is 13.1. The number of nitrogens with zero attached hydrogens (tertiary/aromatic N) is 2. The Labute approximate surface area is 173 Å². The van der Waals surface area contributed by atoms with Crippen molar-refractivity contribution in [3.8, 4) is 10.4 Å². The average molecular weight is 415 g/mol. The zero-order valence-electron chi connectivity index (χ0n) is 16.7. The van der Waals surface area contributed by atoms with Gasteiger partial charge in [-0.1, -0.05) is 0 Å². The highest BCUT2D eigenvalue weighted by Crippen LogP contribution is 2.29. The van der Waals surface area contributed by atoms with Gasteiger partial charge in [0.15, 0.2) is 0 Å². The van der Waals surface area contributed by atoms with E-state index in [1.54, 1.807) is 24.0 Å². The van der Waals surface area contributed by atoms with E-state index < -0.39 is 0 Å². The predicted molar refractivity (Wildman–Crippen MR) is 113 cm³/mol. The van der Waals surface area contributed by atoms with Crippen LogP contribution >= 0.6 is 11.3 Å². The Morgan fingerprint density at radius 3 is 2.83 bits per heavy atom. The van der Waals surface area contributed by atoms with Crippen molar-refractivity contribution >= 4 is 28.3 Å². The first-order valence-electron chi connectivity index (χ1n) is 9.94. The fraction of sp³-hybridized carbons (Fsp3) is 0.476. The fourth-order valence-corrected chi connectivity index (χ4v) is 4.46. The van der Waals surface area contributed by atoms with Crippen molar-refractivity contribution < 1.29 is 14.3 Å². The monoisotopic (exact) mass is 414 g/mol. The van der Waals surface area contributed by atoms with E-state index >= 15 is 0 Å². The first-order chi connectivity index (χ1) is 14.1. The highest BCUT2D eigenvalue weighted by Gasteiger charge is 2.24. The van der Waals surface area contributed by atoms with Gasteiger partial charge in [0.05, 0.1) is 46.3 Å². The zero-order chi connectivity index (χ0) is 20.2. The summed E-state index contributed by atoms with van der Waals surface area (Å²) in [5.41, 5.74) is 4.97. The lowest BCUT2D eigenvalue weighted by molar-refractivity contribution is -0.00408. The van der Waals surface area contributed by atoms with Gasteiger partial charge in [0.1, 0.15) is 5.82 Å². The van der Waals surface area contributed by atoms with Crippen molar-refractivity contribution in [2.24, 2.45) is 0 Å². The average Bonchev–Trinajstić information content (AvgIpc) is 3.37. The molecular weight excluding hydrogens is 388 g/mol. The van der Waals surface area contributed by atoms with Crippen LogP contribution in [0.4, 0.5) is 0 Å². The number of aromatic amines is 1. The molecule has 0 radical (unpaired) electrons. The van der Waals surface area contributed by atoms with Crippen LogP contribution in [0.3, 0.4) is 0 Å². The van der Waals surface area contributed by atoms with E-state index in [0.717, 1.165) is 53.0 Å². The Morgan fingerprint density at radius 1 is 1.28 bits per heavy atom. The Morgan fingerprint density at radius 2 is 2.10 bits per heavy atom. The molecular formula is C21H26N4O3S. The first-order valence-corrected chi connectivity index (χ1v) is 10.8. The van der Waals surface area contributed by atoms with E-state index in [9.17, 15) is 4.79 Å². The summed E-state index contributed by atoms with van der Waals surface area (Å²) in [5, 5.41) is 3.22. The number of nitrogens with one attached hydrogen (secondary N) is 2. The minimum absolute atomic E-state index is 0.0613. The molecule has 29 heavy (non-hydrogen) atoms. The van der Waals surface area contributed by atoms with E-state index in [0.29, 0.717) is 18.8 Å². The molecule has 0 unspecified atom stereocenters. The van der Waals surface area contributed by atoms with Gasteiger partial charge < -0.3 is 19.8 Å². The Hall–Kier alpha value is -2.29. The van der Waals surface area contributed by atoms with E-state index in [4.69, 9.17) is 9.47 Å². The summed E-state index contributed by atoms with van der Waals surface area (Å²) < 4.78 is 10.9. The van der Waals surface area contributed by atoms with Crippen LogP contribution < -0.4 is 5.32 Å². The number of aromatic nitrogens is 3. The summed E-state index contributed by atoms with van der Waals surface area (Å²) in [6.45, 7) is 3.14. The van der Waals surface area contributed by atoms with Gasteiger partial charge in [0.25, 0.3) is 5.91 Å². The Balaban J connectivity index is 1.47. The van der Waals surface area contributed by atoms with Crippen LogP contribution in [0, 0.1) is 6.92 Å². The number of hydrogen-bond donors (Lipinski definition) is 2. The minimum Gasteiger partial charge on any atom is -0.382 e. The number of aryl methyl sites for hydroxylation is 1.